The first-order chi connectivity index (χ1) is 12.1. The fraction of sp³-hybridized carbons (Fsp3) is 0.611. The monoisotopic (exact) mass is 344 g/mol. The summed E-state index contributed by atoms with van der Waals surface area (Å²) in [5.74, 6) is 3.15. The molecule has 1 aliphatic carbocycles. The molecule has 2 aliphatic rings. The Morgan fingerprint density at radius 2 is 2.16 bits per heavy atom. The minimum absolute atomic E-state index is 0.0771. The van der Waals surface area contributed by atoms with E-state index in [4.69, 9.17) is 8.94 Å². The summed E-state index contributed by atoms with van der Waals surface area (Å²) in [4.78, 5) is 21.4. The summed E-state index contributed by atoms with van der Waals surface area (Å²) in [6.45, 7) is 5.56. The van der Waals surface area contributed by atoms with Crippen molar-refractivity contribution in [3.05, 3.63) is 35.4 Å². The molecular formula is C18H24N4O3. The first-order valence-corrected chi connectivity index (χ1v) is 8.99. The van der Waals surface area contributed by atoms with E-state index in [1.807, 2.05) is 24.0 Å². The molecule has 1 saturated heterocycles. The Kier molecular flexibility index (Phi) is 4.33. The normalized spacial score (nSPS) is 21.0. The number of rotatable bonds is 6. The Morgan fingerprint density at radius 3 is 2.80 bits per heavy atom. The highest BCUT2D eigenvalue weighted by atomic mass is 16.5. The topological polar surface area (TPSA) is 75.6 Å². The highest BCUT2D eigenvalue weighted by Gasteiger charge is 2.36. The van der Waals surface area contributed by atoms with Gasteiger partial charge in [0.25, 0.3) is 0 Å². The van der Waals surface area contributed by atoms with E-state index in [1.54, 1.807) is 6.92 Å². The molecule has 2 aromatic rings. The highest BCUT2D eigenvalue weighted by molar-refractivity contribution is 5.79. The first kappa shape index (κ1) is 16.3. The molecule has 25 heavy (non-hydrogen) atoms. The first-order valence-electron chi connectivity index (χ1n) is 8.99. The largest absolute Gasteiger partial charge is 0.464 e. The van der Waals surface area contributed by atoms with Gasteiger partial charge in [0.15, 0.2) is 5.82 Å². The summed E-state index contributed by atoms with van der Waals surface area (Å²) in [5.41, 5.74) is 0. The van der Waals surface area contributed by atoms with E-state index in [2.05, 4.69) is 15.0 Å². The second kappa shape index (κ2) is 6.63. The third kappa shape index (κ3) is 3.61. The van der Waals surface area contributed by atoms with Crippen molar-refractivity contribution in [1.82, 2.24) is 19.9 Å². The number of hydrogen-bond acceptors (Lipinski definition) is 6. The molecule has 1 amide bonds. The molecule has 7 heteroatoms. The van der Waals surface area contributed by atoms with E-state index in [0.29, 0.717) is 30.8 Å². The van der Waals surface area contributed by atoms with Crippen molar-refractivity contribution in [3.8, 4) is 0 Å². The van der Waals surface area contributed by atoms with E-state index in [1.165, 1.54) is 0 Å². The molecule has 3 heterocycles. The molecule has 0 N–H and O–H groups in total. The van der Waals surface area contributed by atoms with Crippen molar-refractivity contribution in [2.75, 3.05) is 13.1 Å². The van der Waals surface area contributed by atoms with Crippen LogP contribution < -0.4 is 0 Å². The summed E-state index contributed by atoms with van der Waals surface area (Å²) in [5, 5.41) is 4.05. The lowest BCUT2D eigenvalue weighted by Crippen LogP contribution is -2.41. The van der Waals surface area contributed by atoms with Gasteiger partial charge in [-0.1, -0.05) is 5.16 Å². The predicted octanol–water partition coefficient (Wildman–Crippen LogP) is 2.61. The molecule has 1 saturated carbocycles. The highest BCUT2D eigenvalue weighted by Crippen LogP contribution is 2.32. The number of amides is 1. The number of likely N-dealkylation sites (tertiary alicyclic amines) is 1. The number of carbonyl (C=O) groups is 1. The van der Waals surface area contributed by atoms with E-state index in [9.17, 15) is 4.79 Å². The van der Waals surface area contributed by atoms with Gasteiger partial charge in [0.1, 0.15) is 11.5 Å². The SMILES string of the molecule is Cc1ccc(CN(C(=O)CN2CCC[C@H]2c2noc(C)n2)C2CC2)o1. The fourth-order valence-electron chi connectivity index (χ4n) is 3.57. The average Bonchev–Trinajstić information content (AvgIpc) is 2.94. The Bertz CT molecular complexity index is 749. The molecule has 1 atom stereocenters. The zero-order chi connectivity index (χ0) is 17.4. The maximum atomic E-state index is 13.0. The van der Waals surface area contributed by atoms with Crippen LogP contribution in [0, 0.1) is 13.8 Å². The molecule has 2 fully saturated rings. The zero-order valence-electron chi connectivity index (χ0n) is 14.8. The van der Waals surface area contributed by atoms with Gasteiger partial charge in [-0.05, 0) is 51.3 Å². The van der Waals surface area contributed by atoms with Gasteiger partial charge in [-0.2, -0.15) is 4.98 Å². The van der Waals surface area contributed by atoms with Gasteiger partial charge < -0.3 is 13.8 Å². The fourth-order valence-corrected chi connectivity index (χ4v) is 3.57. The van der Waals surface area contributed by atoms with Crippen molar-refractivity contribution in [3.63, 3.8) is 0 Å². The van der Waals surface area contributed by atoms with Crippen molar-refractivity contribution in [2.45, 2.75) is 58.2 Å². The molecule has 0 spiro atoms. The van der Waals surface area contributed by atoms with Crippen LogP contribution >= 0.6 is 0 Å². The molecule has 0 aromatic carbocycles. The molecule has 2 aromatic heterocycles. The number of aryl methyl sites for hydroxylation is 2. The molecule has 0 radical (unpaired) electrons. The van der Waals surface area contributed by atoms with Crippen LogP contribution in [-0.4, -0.2) is 45.0 Å². The third-order valence-corrected chi connectivity index (χ3v) is 4.97. The molecule has 134 valence electrons. The summed E-state index contributed by atoms with van der Waals surface area (Å²) in [6, 6.07) is 4.33. The summed E-state index contributed by atoms with van der Waals surface area (Å²) >= 11 is 0. The lowest BCUT2D eigenvalue weighted by Gasteiger charge is -2.27. The van der Waals surface area contributed by atoms with Crippen LogP contribution in [0.5, 0.6) is 0 Å². The number of furan rings is 1. The molecule has 0 bridgehead atoms. The van der Waals surface area contributed by atoms with Gasteiger partial charge in [-0.25, -0.2) is 0 Å². The molecule has 0 unspecified atom stereocenters. The van der Waals surface area contributed by atoms with Crippen molar-refractivity contribution in [1.29, 1.82) is 0 Å². The summed E-state index contributed by atoms with van der Waals surface area (Å²) in [7, 11) is 0. The average molecular weight is 344 g/mol. The Morgan fingerprint density at radius 1 is 1.32 bits per heavy atom. The van der Waals surface area contributed by atoms with Gasteiger partial charge in [-0.15, -0.1) is 0 Å². The molecule has 1 aliphatic heterocycles. The number of nitrogens with zero attached hydrogens (tertiary/aromatic N) is 4. The van der Waals surface area contributed by atoms with Crippen LogP contribution in [0.1, 0.15) is 55.0 Å². The van der Waals surface area contributed by atoms with Crippen LogP contribution in [0.3, 0.4) is 0 Å². The summed E-state index contributed by atoms with van der Waals surface area (Å²) < 4.78 is 10.8. The maximum absolute atomic E-state index is 13.0. The van der Waals surface area contributed by atoms with Gasteiger partial charge >= 0.3 is 0 Å². The van der Waals surface area contributed by atoms with E-state index < -0.39 is 0 Å². The molecular weight excluding hydrogens is 320 g/mol. The minimum atomic E-state index is 0.0771. The third-order valence-electron chi connectivity index (χ3n) is 4.97. The number of aromatic nitrogens is 2. The van der Waals surface area contributed by atoms with Gasteiger partial charge in [0.05, 0.1) is 19.1 Å². The number of carbonyl (C=O) groups excluding carboxylic acids is 1. The van der Waals surface area contributed by atoms with Crippen LogP contribution in [-0.2, 0) is 11.3 Å². The van der Waals surface area contributed by atoms with E-state index in [-0.39, 0.29) is 11.9 Å². The summed E-state index contributed by atoms with van der Waals surface area (Å²) in [6.07, 6.45) is 4.18. The quantitative estimate of drug-likeness (QED) is 0.802. The van der Waals surface area contributed by atoms with Crippen LogP contribution in [0.2, 0.25) is 0 Å². The van der Waals surface area contributed by atoms with Crippen molar-refractivity contribution >= 4 is 5.91 Å². The number of hydrogen-bond donors (Lipinski definition) is 0. The lowest BCUT2D eigenvalue weighted by molar-refractivity contribution is -0.134. The maximum Gasteiger partial charge on any atom is 0.237 e. The molecule has 4 rings (SSSR count). The lowest BCUT2D eigenvalue weighted by atomic mass is 10.2. The van der Waals surface area contributed by atoms with Crippen LogP contribution in [0.15, 0.2) is 21.1 Å². The van der Waals surface area contributed by atoms with Crippen LogP contribution in [0.25, 0.3) is 0 Å². The van der Waals surface area contributed by atoms with Gasteiger partial charge in [-0.3, -0.25) is 9.69 Å². The standard InChI is InChI=1S/C18H24N4O3/c1-12-5-8-15(24-12)10-22(14-6-7-14)17(23)11-21-9-3-4-16(21)18-19-13(2)25-20-18/h5,8,14,16H,3-4,6-7,9-11H2,1-2H3/t16-/m0/s1. The zero-order valence-corrected chi connectivity index (χ0v) is 14.8. The van der Waals surface area contributed by atoms with Crippen molar-refractivity contribution < 1.29 is 13.7 Å². The second-order valence-corrected chi connectivity index (χ2v) is 7.07. The van der Waals surface area contributed by atoms with E-state index >= 15 is 0 Å². The smallest absolute Gasteiger partial charge is 0.237 e. The predicted molar refractivity (Wildman–Crippen MR) is 89.6 cm³/mol. The van der Waals surface area contributed by atoms with Gasteiger partial charge in [0, 0.05) is 13.0 Å². The molecule has 7 nitrogen and oxygen atoms in total. The van der Waals surface area contributed by atoms with Crippen molar-refractivity contribution in [2.24, 2.45) is 0 Å². The Hall–Kier alpha value is -2.15. The second-order valence-electron chi connectivity index (χ2n) is 7.07. The Labute approximate surface area is 147 Å². The van der Waals surface area contributed by atoms with Crippen LogP contribution in [0.4, 0.5) is 0 Å². The Balaban J connectivity index is 1.43. The minimum Gasteiger partial charge on any atom is -0.464 e. The van der Waals surface area contributed by atoms with Gasteiger partial charge in [0.2, 0.25) is 11.8 Å². The van der Waals surface area contributed by atoms with E-state index in [0.717, 1.165) is 43.7 Å².